The quantitative estimate of drug-likeness (QED) is 0.184. The van der Waals surface area contributed by atoms with Crippen LogP contribution in [-0.4, -0.2) is 20.3 Å². The Hall–Kier alpha value is -3.00. The molecule has 0 saturated heterocycles. The van der Waals surface area contributed by atoms with Crippen LogP contribution < -0.4 is 9.47 Å². The zero-order valence-electron chi connectivity index (χ0n) is 13.2. The van der Waals surface area contributed by atoms with Crippen LogP contribution in [0.15, 0.2) is 63.9 Å². The molecule has 2 rings (SSSR count). The van der Waals surface area contributed by atoms with E-state index < -0.39 is 15.0 Å². The molecular weight excluding hydrogens is 384 g/mol. The lowest BCUT2D eigenvalue weighted by Crippen LogP contribution is -2.02. The average Bonchev–Trinajstić information content (AvgIpc) is 2.58. The Bertz CT molecular complexity index is 996. The predicted molar refractivity (Wildman–Crippen MR) is 92.3 cm³/mol. The molecule has 2 aromatic carbocycles. The second kappa shape index (κ2) is 8.39. The van der Waals surface area contributed by atoms with E-state index in [9.17, 15) is 18.0 Å². The molecule has 0 N–H and O–H groups in total. The van der Waals surface area contributed by atoms with E-state index in [1.54, 1.807) is 0 Å². The van der Waals surface area contributed by atoms with Gasteiger partial charge in [-0.3, -0.25) is 4.79 Å². The Morgan fingerprint density at radius 1 is 1.08 bits per heavy atom. The number of benzene rings is 2. The highest BCUT2D eigenvalue weighted by Gasteiger charge is 2.10. The zero-order valence-corrected chi connectivity index (χ0v) is 14.8. The summed E-state index contributed by atoms with van der Waals surface area (Å²) in [5.41, 5.74) is 0.720. The topological polar surface area (TPSA) is 111 Å². The van der Waals surface area contributed by atoms with E-state index in [1.807, 2.05) is 0 Å². The molecule has 0 bridgehead atoms. The Labute approximate surface area is 153 Å². The van der Waals surface area contributed by atoms with Crippen molar-refractivity contribution in [2.75, 3.05) is 0 Å². The van der Waals surface area contributed by atoms with Gasteiger partial charge in [-0.15, -0.1) is 0 Å². The summed E-state index contributed by atoms with van der Waals surface area (Å²) >= 11 is 0. The van der Waals surface area contributed by atoms with Crippen LogP contribution in [0.1, 0.15) is 6.92 Å². The van der Waals surface area contributed by atoms with Crippen molar-refractivity contribution in [1.82, 2.24) is 0 Å². The molecule has 8 nitrogen and oxygen atoms in total. The summed E-state index contributed by atoms with van der Waals surface area (Å²) in [6.45, 7) is 1.22. The lowest BCUT2D eigenvalue weighted by atomic mass is 10.3. The first kappa shape index (κ1) is 19.3. The Balaban J connectivity index is 2.26. The largest absolute Gasteiger partial charge is 0.449 e. The van der Waals surface area contributed by atoms with Gasteiger partial charge in [0.15, 0.2) is 23.7 Å². The maximum absolute atomic E-state index is 11.2. The number of nitrogens with zero attached hydrogens (tertiary/aromatic N) is 2. The molecular formula is C16H11ClN2O6S. The maximum Gasteiger partial charge on any atom is 0.308 e. The number of hydrogen-bond donors (Lipinski definition) is 0. The fraction of sp³-hybridized carbons (Fsp3) is 0.0625. The number of rotatable bonds is 6. The lowest BCUT2D eigenvalue weighted by Gasteiger charge is -2.07. The number of halogens is 1. The van der Waals surface area contributed by atoms with Gasteiger partial charge in [0.25, 0.3) is 9.05 Å². The minimum Gasteiger partial charge on any atom is -0.449 e. The van der Waals surface area contributed by atoms with Crippen molar-refractivity contribution < 1.29 is 27.5 Å². The van der Waals surface area contributed by atoms with Crippen molar-refractivity contribution in [2.45, 2.75) is 11.8 Å². The van der Waals surface area contributed by atoms with Crippen molar-refractivity contribution in [3.63, 3.8) is 0 Å². The summed E-state index contributed by atoms with van der Waals surface area (Å²) in [7, 11) is 1.42. The van der Waals surface area contributed by atoms with Gasteiger partial charge in [0.1, 0.15) is 0 Å². The third kappa shape index (κ3) is 5.52. The van der Waals surface area contributed by atoms with Crippen LogP contribution in [0.2, 0.25) is 0 Å². The molecule has 0 aliphatic carbocycles. The highest BCUT2D eigenvalue weighted by Crippen LogP contribution is 2.33. The molecule has 0 radical (unpaired) electrons. The van der Waals surface area contributed by atoms with Crippen molar-refractivity contribution in [3.8, 4) is 11.5 Å². The first-order chi connectivity index (χ1) is 12.3. The molecule has 0 aliphatic heterocycles. The number of ether oxygens (including phenoxy) is 2. The number of carbonyl (C=O) groups is 1. The first-order valence-corrected chi connectivity index (χ1v) is 9.25. The highest BCUT2D eigenvalue weighted by atomic mass is 35.7. The number of hydrogen-bond acceptors (Lipinski definition) is 8. The molecule has 0 amide bonds. The Kier molecular flexibility index (Phi) is 6.24. The van der Waals surface area contributed by atoms with Crippen molar-refractivity contribution in [2.24, 2.45) is 10.2 Å². The summed E-state index contributed by atoms with van der Waals surface area (Å²) in [6.07, 6.45) is 0.759. The summed E-state index contributed by atoms with van der Waals surface area (Å²) in [5, 5.41) is 7.91. The molecule has 2 aromatic rings. The van der Waals surface area contributed by atoms with Gasteiger partial charge in [0, 0.05) is 23.7 Å². The Morgan fingerprint density at radius 3 is 2.27 bits per heavy atom. The normalized spacial score (nSPS) is 11.0. The summed E-state index contributed by atoms with van der Waals surface area (Å²) in [5.74, 6) is 1.05. The van der Waals surface area contributed by atoms with Gasteiger partial charge in [-0.1, -0.05) is 0 Å². The first-order valence-electron chi connectivity index (χ1n) is 6.94. The summed E-state index contributed by atoms with van der Waals surface area (Å²) in [6, 6.07) is 9.78. The molecule has 0 unspecified atom stereocenters. The molecule has 26 heavy (non-hydrogen) atoms. The van der Waals surface area contributed by atoms with Gasteiger partial charge in [-0.2, -0.15) is 10.2 Å². The fourth-order valence-corrected chi connectivity index (χ4v) is 2.54. The molecule has 0 saturated carbocycles. The van der Waals surface area contributed by atoms with Gasteiger partial charge in [-0.25, -0.2) is 13.2 Å². The van der Waals surface area contributed by atoms with Crippen molar-refractivity contribution in [3.05, 3.63) is 48.7 Å². The van der Waals surface area contributed by atoms with Gasteiger partial charge in [0.2, 0.25) is 0 Å². The molecule has 0 fully saturated rings. The van der Waals surface area contributed by atoms with E-state index in [0.717, 1.165) is 6.26 Å². The predicted octanol–water partition coefficient (Wildman–Crippen LogP) is 3.68. The molecule has 0 atom stereocenters. The van der Waals surface area contributed by atoms with E-state index in [0.29, 0.717) is 11.4 Å². The van der Waals surface area contributed by atoms with Crippen LogP contribution >= 0.6 is 10.7 Å². The molecule has 0 heterocycles. The van der Waals surface area contributed by atoms with Gasteiger partial charge in [-0.05, 0) is 36.4 Å². The number of esters is 1. The van der Waals surface area contributed by atoms with Crippen LogP contribution in [0.3, 0.4) is 0 Å². The number of azo groups is 1. The van der Waals surface area contributed by atoms with Crippen molar-refractivity contribution in [1.29, 1.82) is 0 Å². The molecule has 134 valence electrons. The molecule has 10 heteroatoms. The zero-order chi connectivity index (χ0) is 19.2. The van der Waals surface area contributed by atoms with Crippen molar-refractivity contribution >= 4 is 43.0 Å². The standard InChI is InChI=1S/C16H11ClN2O6S/c1-11(21)25-15-7-4-13(10-16(15)24-9-8-20)19-18-12-2-5-14(6-3-12)26(17,22)23/h2-7,9-10H,1H3. The molecule has 0 aliphatic rings. The van der Waals surface area contributed by atoms with E-state index in [2.05, 4.69) is 10.2 Å². The van der Waals surface area contributed by atoms with E-state index in [-0.39, 0.29) is 16.4 Å². The lowest BCUT2D eigenvalue weighted by molar-refractivity contribution is -0.131. The SMILES string of the molecule is CC(=O)Oc1ccc(N=Nc2ccc(S(=O)(=O)Cl)cc2)cc1OC=C=O. The van der Waals surface area contributed by atoms with Crippen LogP contribution in [0.4, 0.5) is 11.4 Å². The summed E-state index contributed by atoms with van der Waals surface area (Å²) < 4.78 is 32.3. The van der Waals surface area contributed by atoms with Gasteiger partial charge in [0.05, 0.1) is 16.3 Å². The van der Waals surface area contributed by atoms with Crippen LogP contribution in [0.25, 0.3) is 0 Å². The number of carbonyl (C=O) groups excluding carboxylic acids is 2. The van der Waals surface area contributed by atoms with Gasteiger partial charge >= 0.3 is 5.97 Å². The minimum absolute atomic E-state index is 0.0554. The third-order valence-corrected chi connectivity index (χ3v) is 4.18. The average molecular weight is 395 g/mol. The third-order valence-electron chi connectivity index (χ3n) is 2.81. The Morgan fingerprint density at radius 2 is 1.69 bits per heavy atom. The van der Waals surface area contributed by atoms with E-state index in [4.69, 9.17) is 20.2 Å². The van der Waals surface area contributed by atoms with Gasteiger partial charge < -0.3 is 9.47 Å². The van der Waals surface area contributed by atoms with E-state index in [1.165, 1.54) is 55.3 Å². The fourth-order valence-electron chi connectivity index (χ4n) is 1.77. The van der Waals surface area contributed by atoms with Crippen LogP contribution in [0, 0.1) is 0 Å². The minimum atomic E-state index is -3.81. The highest BCUT2D eigenvalue weighted by molar-refractivity contribution is 8.13. The van der Waals surface area contributed by atoms with Crippen LogP contribution in [0.5, 0.6) is 11.5 Å². The molecule has 0 aromatic heterocycles. The van der Waals surface area contributed by atoms with E-state index >= 15 is 0 Å². The monoisotopic (exact) mass is 394 g/mol. The smallest absolute Gasteiger partial charge is 0.308 e. The maximum atomic E-state index is 11.2. The van der Waals surface area contributed by atoms with Crippen LogP contribution in [-0.2, 0) is 18.6 Å². The second-order valence-electron chi connectivity index (χ2n) is 4.71. The second-order valence-corrected chi connectivity index (χ2v) is 7.28. The molecule has 0 spiro atoms. The summed E-state index contributed by atoms with van der Waals surface area (Å²) in [4.78, 5) is 21.3.